The predicted molar refractivity (Wildman–Crippen MR) is 90.1 cm³/mol. The van der Waals surface area contributed by atoms with Crippen LogP contribution in [0.15, 0.2) is 18.2 Å². The molecule has 1 aliphatic carbocycles. The van der Waals surface area contributed by atoms with Crippen LogP contribution in [-0.4, -0.2) is 18.2 Å². The first-order chi connectivity index (χ1) is 10.1. The van der Waals surface area contributed by atoms with Crippen LogP contribution >= 0.6 is 0 Å². The highest BCUT2D eigenvalue weighted by Gasteiger charge is 2.57. The van der Waals surface area contributed by atoms with Gasteiger partial charge in [0.15, 0.2) is 0 Å². The zero-order chi connectivity index (χ0) is 16.7. The predicted octanol–water partition coefficient (Wildman–Crippen LogP) is 4.04. The Labute approximate surface area is 133 Å². The molecule has 0 aromatic heterocycles. The molecule has 0 unspecified atom stereocenters. The van der Waals surface area contributed by atoms with Gasteiger partial charge in [0.05, 0.1) is 0 Å². The largest absolute Gasteiger partial charge is 0.444 e. The monoisotopic (exact) mass is 304 g/mol. The molecule has 1 amide bonds. The van der Waals surface area contributed by atoms with E-state index in [0.717, 1.165) is 11.3 Å². The fourth-order valence-corrected chi connectivity index (χ4v) is 3.28. The van der Waals surface area contributed by atoms with Gasteiger partial charge in [-0.1, -0.05) is 26.0 Å². The number of rotatable bonds is 3. The van der Waals surface area contributed by atoms with Crippen molar-refractivity contribution in [2.45, 2.75) is 53.1 Å². The molecule has 1 aliphatic rings. The van der Waals surface area contributed by atoms with Gasteiger partial charge < -0.3 is 10.5 Å². The average molecular weight is 304 g/mol. The van der Waals surface area contributed by atoms with Gasteiger partial charge in [0, 0.05) is 5.69 Å². The first-order valence-corrected chi connectivity index (χ1v) is 7.87. The lowest BCUT2D eigenvalue weighted by molar-refractivity contribution is 0.0636. The summed E-state index contributed by atoms with van der Waals surface area (Å²) in [4.78, 5) is 11.9. The van der Waals surface area contributed by atoms with Gasteiger partial charge in [-0.15, -0.1) is 0 Å². The summed E-state index contributed by atoms with van der Waals surface area (Å²) in [6.07, 6.45) is -0.421. The van der Waals surface area contributed by atoms with Crippen molar-refractivity contribution in [1.82, 2.24) is 0 Å². The van der Waals surface area contributed by atoms with E-state index in [9.17, 15) is 4.79 Å². The maximum absolute atomic E-state index is 11.9. The zero-order valence-corrected chi connectivity index (χ0v) is 14.5. The summed E-state index contributed by atoms with van der Waals surface area (Å²) in [6.45, 7) is 12.8. The Morgan fingerprint density at radius 3 is 2.45 bits per heavy atom. The highest BCUT2D eigenvalue weighted by atomic mass is 16.6. The molecule has 0 aliphatic heterocycles. The number of anilines is 1. The summed E-state index contributed by atoms with van der Waals surface area (Å²) in [5.41, 5.74) is 8.76. The van der Waals surface area contributed by atoms with Gasteiger partial charge in [-0.05, 0) is 68.7 Å². The molecule has 1 aromatic carbocycles. The summed E-state index contributed by atoms with van der Waals surface area (Å²) in [6, 6.07) is 6.19. The second-order valence-electron chi connectivity index (χ2n) is 7.84. The number of hydrogen-bond donors (Lipinski definition) is 2. The number of benzene rings is 1. The van der Waals surface area contributed by atoms with E-state index in [0.29, 0.717) is 18.4 Å². The summed E-state index contributed by atoms with van der Waals surface area (Å²) in [7, 11) is 0. The normalized spacial score (nSPS) is 23.0. The lowest BCUT2D eigenvalue weighted by Crippen LogP contribution is -2.27. The van der Waals surface area contributed by atoms with E-state index in [1.165, 1.54) is 5.56 Å². The van der Waals surface area contributed by atoms with Crippen molar-refractivity contribution in [2.24, 2.45) is 17.1 Å². The van der Waals surface area contributed by atoms with E-state index < -0.39 is 11.7 Å². The SMILES string of the molecule is Cc1cc([C@@H]2[C@@H](CN)C2(C)C)ccc1NC(=O)OC(C)(C)C. The lowest BCUT2D eigenvalue weighted by atomic mass is 10.0. The minimum Gasteiger partial charge on any atom is -0.444 e. The highest BCUT2D eigenvalue weighted by Crippen LogP contribution is 2.63. The fourth-order valence-electron chi connectivity index (χ4n) is 3.28. The van der Waals surface area contributed by atoms with Crippen molar-refractivity contribution in [3.05, 3.63) is 29.3 Å². The molecular formula is C18H28N2O2. The molecule has 2 rings (SSSR count). The third-order valence-corrected chi connectivity index (χ3v) is 4.55. The zero-order valence-electron chi connectivity index (χ0n) is 14.5. The quantitative estimate of drug-likeness (QED) is 0.885. The molecule has 0 spiro atoms. The van der Waals surface area contributed by atoms with Gasteiger partial charge in [-0.3, -0.25) is 5.32 Å². The number of carbonyl (C=O) groups is 1. The number of hydrogen-bond acceptors (Lipinski definition) is 3. The molecule has 0 heterocycles. The van der Waals surface area contributed by atoms with E-state index in [1.54, 1.807) is 0 Å². The van der Waals surface area contributed by atoms with Crippen LogP contribution in [0.5, 0.6) is 0 Å². The summed E-state index contributed by atoms with van der Waals surface area (Å²) in [5, 5.41) is 2.81. The minimum atomic E-state index is -0.496. The molecule has 3 N–H and O–H groups in total. The van der Waals surface area contributed by atoms with Crippen LogP contribution in [0.3, 0.4) is 0 Å². The van der Waals surface area contributed by atoms with Gasteiger partial charge >= 0.3 is 6.09 Å². The Bertz CT molecular complexity index is 573. The average Bonchev–Trinajstić information content (AvgIpc) is 2.91. The first kappa shape index (κ1) is 16.8. The third-order valence-electron chi connectivity index (χ3n) is 4.55. The molecule has 1 fully saturated rings. The standard InChI is InChI=1S/C18H28N2O2/c1-11-9-12(15-13(10-19)18(15,5)6)7-8-14(11)20-16(21)22-17(2,3)4/h7-9,13,15H,10,19H2,1-6H3,(H,20,21)/t13-,15-/m1/s1. The van der Waals surface area contributed by atoms with Crippen LogP contribution in [0, 0.1) is 18.3 Å². The van der Waals surface area contributed by atoms with Crippen molar-refractivity contribution in [3.63, 3.8) is 0 Å². The van der Waals surface area contributed by atoms with Crippen LogP contribution < -0.4 is 11.1 Å². The van der Waals surface area contributed by atoms with Crippen LogP contribution in [0.1, 0.15) is 51.7 Å². The Morgan fingerprint density at radius 2 is 2.00 bits per heavy atom. The Balaban J connectivity index is 2.10. The molecule has 122 valence electrons. The van der Waals surface area contributed by atoms with Crippen molar-refractivity contribution >= 4 is 11.8 Å². The molecule has 2 atom stereocenters. The Hall–Kier alpha value is -1.55. The van der Waals surface area contributed by atoms with Crippen LogP contribution in [0.2, 0.25) is 0 Å². The molecule has 1 aromatic rings. The molecule has 4 heteroatoms. The van der Waals surface area contributed by atoms with E-state index in [-0.39, 0.29) is 5.41 Å². The van der Waals surface area contributed by atoms with E-state index in [4.69, 9.17) is 10.5 Å². The fraction of sp³-hybridized carbons (Fsp3) is 0.611. The van der Waals surface area contributed by atoms with E-state index in [1.807, 2.05) is 33.8 Å². The van der Waals surface area contributed by atoms with Gasteiger partial charge in [0.2, 0.25) is 0 Å². The third kappa shape index (κ3) is 3.43. The second kappa shape index (κ2) is 5.58. The smallest absolute Gasteiger partial charge is 0.412 e. The van der Waals surface area contributed by atoms with Gasteiger partial charge in [-0.25, -0.2) is 4.79 Å². The Morgan fingerprint density at radius 1 is 1.36 bits per heavy atom. The van der Waals surface area contributed by atoms with E-state index in [2.05, 4.69) is 31.3 Å². The number of nitrogens with two attached hydrogens (primary N) is 1. The van der Waals surface area contributed by atoms with Gasteiger partial charge in [0.25, 0.3) is 0 Å². The molecule has 22 heavy (non-hydrogen) atoms. The number of amides is 1. The lowest BCUT2D eigenvalue weighted by Gasteiger charge is -2.20. The van der Waals surface area contributed by atoms with E-state index >= 15 is 0 Å². The highest BCUT2D eigenvalue weighted by molar-refractivity contribution is 5.86. The second-order valence-corrected chi connectivity index (χ2v) is 7.84. The van der Waals surface area contributed by atoms with Crippen molar-refractivity contribution in [3.8, 4) is 0 Å². The first-order valence-electron chi connectivity index (χ1n) is 7.87. The number of aryl methyl sites for hydroxylation is 1. The van der Waals surface area contributed by atoms with Gasteiger partial charge in [0.1, 0.15) is 5.60 Å². The van der Waals surface area contributed by atoms with Gasteiger partial charge in [-0.2, -0.15) is 0 Å². The number of ether oxygens (including phenoxy) is 1. The number of nitrogens with one attached hydrogen (secondary N) is 1. The topological polar surface area (TPSA) is 64.3 Å². The Kier molecular flexibility index (Phi) is 4.26. The summed E-state index contributed by atoms with van der Waals surface area (Å²) in [5.74, 6) is 1.04. The maximum atomic E-state index is 11.9. The minimum absolute atomic E-state index is 0.265. The maximum Gasteiger partial charge on any atom is 0.412 e. The van der Waals surface area contributed by atoms with Crippen LogP contribution in [-0.2, 0) is 4.74 Å². The molecule has 1 saturated carbocycles. The van der Waals surface area contributed by atoms with Crippen molar-refractivity contribution in [2.75, 3.05) is 11.9 Å². The molecular weight excluding hydrogens is 276 g/mol. The molecule has 0 saturated heterocycles. The van der Waals surface area contributed by atoms with Crippen LogP contribution in [0.4, 0.5) is 10.5 Å². The molecule has 0 radical (unpaired) electrons. The van der Waals surface area contributed by atoms with Crippen LogP contribution in [0.25, 0.3) is 0 Å². The summed E-state index contributed by atoms with van der Waals surface area (Å²) >= 11 is 0. The molecule has 0 bridgehead atoms. The number of carbonyl (C=O) groups excluding carboxylic acids is 1. The summed E-state index contributed by atoms with van der Waals surface area (Å²) < 4.78 is 5.29. The molecule has 4 nitrogen and oxygen atoms in total. The van der Waals surface area contributed by atoms with Crippen molar-refractivity contribution < 1.29 is 9.53 Å². The van der Waals surface area contributed by atoms with Crippen molar-refractivity contribution in [1.29, 1.82) is 0 Å².